The molecule has 0 bridgehead atoms. The van der Waals surface area contributed by atoms with Crippen LogP contribution in [0.25, 0.3) is 0 Å². The number of nitrogens with one attached hydrogen (secondary N) is 1. The molecule has 15 heavy (non-hydrogen) atoms. The van der Waals surface area contributed by atoms with Crippen molar-refractivity contribution < 1.29 is 8.42 Å². The van der Waals surface area contributed by atoms with Crippen molar-refractivity contribution in [2.24, 2.45) is 0 Å². The Hall–Kier alpha value is -0.0900. The Bertz CT molecular complexity index is 262. The monoisotopic (exact) mass is 235 g/mol. The van der Waals surface area contributed by atoms with Gasteiger partial charge in [-0.3, -0.25) is 0 Å². The average Bonchev–Trinajstić information content (AvgIpc) is 2.23. The summed E-state index contributed by atoms with van der Waals surface area (Å²) in [6, 6.07) is 0.0778. The Kier molecular flexibility index (Phi) is 6.44. The van der Waals surface area contributed by atoms with Gasteiger partial charge in [0.05, 0.1) is 10.5 Å². The van der Waals surface area contributed by atoms with Crippen molar-refractivity contribution in [3.05, 3.63) is 0 Å². The molecule has 1 N–H and O–H groups in total. The van der Waals surface area contributed by atoms with Crippen molar-refractivity contribution >= 4 is 9.84 Å². The molecule has 0 amide bonds. The van der Waals surface area contributed by atoms with Crippen molar-refractivity contribution in [2.45, 2.75) is 64.0 Å². The molecule has 0 fully saturated rings. The highest BCUT2D eigenvalue weighted by Crippen LogP contribution is 2.16. The maximum atomic E-state index is 12.1. The Morgan fingerprint density at radius 1 is 1.07 bits per heavy atom. The van der Waals surface area contributed by atoms with Crippen LogP contribution in [0.1, 0.15) is 47.5 Å². The van der Waals surface area contributed by atoms with E-state index in [1.165, 1.54) is 0 Å². The molecular formula is C11H25NO2S. The molecule has 0 heterocycles. The smallest absolute Gasteiger partial charge is 0.156 e. The third-order valence-corrected chi connectivity index (χ3v) is 5.95. The summed E-state index contributed by atoms with van der Waals surface area (Å²) < 4.78 is 24.2. The van der Waals surface area contributed by atoms with Gasteiger partial charge in [-0.25, -0.2) is 8.42 Å². The zero-order valence-electron chi connectivity index (χ0n) is 10.6. The number of rotatable bonds is 7. The normalized spacial score (nSPS) is 18.5. The summed E-state index contributed by atoms with van der Waals surface area (Å²) in [6.07, 6.45) is 1.54. The molecular weight excluding hydrogens is 210 g/mol. The van der Waals surface area contributed by atoms with Crippen LogP contribution in [0, 0.1) is 0 Å². The van der Waals surface area contributed by atoms with E-state index in [1.54, 1.807) is 6.92 Å². The van der Waals surface area contributed by atoms with Crippen molar-refractivity contribution in [3.8, 4) is 0 Å². The van der Waals surface area contributed by atoms with Gasteiger partial charge >= 0.3 is 0 Å². The zero-order chi connectivity index (χ0) is 12.1. The number of hydrogen-bond donors (Lipinski definition) is 1. The summed E-state index contributed by atoms with van der Waals surface area (Å²) in [5.74, 6) is 0. The Morgan fingerprint density at radius 3 is 1.93 bits per heavy atom. The second kappa shape index (κ2) is 6.48. The molecule has 0 spiro atoms. The highest BCUT2D eigenvalue weighted by Gasteiger charge is 2.31. The van der Waals surface area contributed by atoms with Gasteiger partial charge in [0.2, 0.25) is 0 Å². The van der Waals surface area contributed by atoms with E-state index < -0.39 is 9.84 Å². The molecule has 0 radical (unpaired) electrons. The molecule has 0 aromatic carbocycles. The molecule has 3 atom stereocenters. The highest BCUT2D eigenvalue weighted by molar-refractivity contribution is 7.92. The predicted octanol–water partition coefficient (Wildman–Crippen LogP) is 1.98. The van der Waals surface area contributed by atoms with Gasteiger partial charge < -0.3 is 5.32 Å². The van der Waals surface area contributed by atoms with Crippen molar-refractivity contribution in [2.75, 3.05) is 6.54 Å². The Labute approximate surface area is 94.6 Å². The highest BCUT2D eigenvalue weighted by atomic mass is 32.2. The maximum Gasteiger partial charge on any atom is 0.156 e. The van der Waals surface area contributed by atoms with Gasteiger partial charge in [0, 0.05) is 6.04 Å². The summed E-state index contributed by atoms with van der Waals surface area (Å²) >= 11 is 0. The van der Waals surface area contributed by atoms with Gasteiger partial charge in [-0.1, -0.05) is 20.8 Å². The minimum Gasteiger partial charge on any atom is -0.313 e. The molecule has 0 aromatic rings. The lowest BCUT2D eigenvalue weighted by atomic mass is 10.2. The van der Waals surface area contributed by atoms with Gasteiger partial charge in [-0.2, -0.15) is 0 Å². The minimum absolute atomic E-state index is 0.0778. The zero-order valence-corrected chi connectivity index (χ0v) is 11.4. The van der Waals surface area contributed by atoms with Crippen molar-refractivity contribution in [3.63, 3.8) is 0 Å². The summed E-state index contributed by atoms with van der Waals surface area (Å²) in [5, 5.41) is 2.71. The fraction of sp³-hybridized carbons (Fsp3) is 1.00. The molecule has 0 aliphatic heterocycles. The fourth-order valence-electron chi connectivity index (χ4n) is 1.73. The summed E-state index contributed by atoms with van der Waals surface area (Å²) in [7, 11) is -2.99. The van der Waals surface area contributed by atoms with Gasteiger partial charge in [0.25, 0.3) is 0 Å². The van der Waals surface area contributed by atoms with Gasteiger partial charge in [0.15, 0.2) is 9.84 Å². The van der Waals surface area contributed by atoms with E-state index in [2.05, 4.69) is 5.32 Å². The third-order valence-electron chi connectivity index (χ3n) is 3.13. The number of hydrogen-bond acceptors (Lipinski definition) is 3. The molecule has 0 aliphatic carbocycles. The van der Waals surface area contributed by atoms with E-state index in [0.717, 1.165) is 13.0 Å². The first kappa shape index (κ1) is 14.9. The van der Waals surface area contributed by atoms with Crippen LogP contribution in [0.2, 0.25) is 0 Å². The first-order valence-corrected chi connectivity index (χ1v) is 7.48. The predicted molar refractivity (Wildman–Crippen MR) is 65.9 cm³/mol. The van der Waals surface area contributed by atoms with Gasteiger partial charge in [-0.15, -0.1) is 0 Å². The van der Waals surface area contributed by atoms with E-state index in [4.69, 9.17) is 0 Å². The standard InChI is InChI=1S/C11H25NO2S/c1-6-9(4)15(13,14)10(5)11(7-2)12-8-3/h9-12H,6-8H2,1-5H3. The fourth-order valence-corrected chi connectivity index (χ4v) is 3.68. The topological polar surface area (TPSA) is 46.2 Å². The van der Waals surface area contributed by atoms with E-state index in [1.807, 2.05) is 27.7 Å². The van der Waals surface area contributed by atoms with Crippen LogP contribution in [-0.4, -0.2) is 31.5 Å². The quantitative estimate of drug-likeness (QED) is 0.734. The molecule has 92 valence electrons. The molecule has 3 unspecified atom stereocenters. The second-order valence-electron chi connectivity index (χ2n) is 4.09. The first-order valence-electron chi connectivity index (χ1n) is 5.87. The van der Waals surface area contributed by atoms with E-state index in [9.17, 15) is 8.42 Å². The van der Waals surface area contributed by atoms with Crippen LogP contribution in [0.4, 0.5) is 0 Å². The first-order chi connectivity index (χ1) is 6.91. The van der Waals surface area contributed by atoms with Crippen LogP contribution >= 0.6 is 0 Å². The van der Waals surface area contributed by atoms with Crippen LogP contribution in [0.15, 0.2) is 0 Å². The van der Waals surface area contributed by atoms with Crippen molar-refractivity contribution in [1.82, 2.24) is 5.32 Å². The molecule has 0 saturated heterocycles. The summed E-state index contributed by atoms with van der Waals surface area (Å²) in [6.45, 7) is 10.4. The van der Waals surface area contributed by atoms with Crippen LogP contribution in [-0.2, 0) is 9.84 Å². The summed E-state index contributed by atoms with van der Waals surface area (Å²) in [5.41, 5.74) is 0. The minimum atomic E-state index is -2.99. The van der Waals surface area contributed by atoms with Crippen LogP contribution < -0.4 is 5.32 Å². The molecule has 0 saturated carbocycles. The SMILES string of the molecule is CCNC(CC)C(C)S(=O)(=O)C(C)CC. The van der Waals surface area contributed by atoms with Crippen molar-refractivity contribution in [1.29, 1.82) is 0 Å². The molecule has 4 heteroatoms. The molecule has 0 aliphatic rings. The lowest BCUT2D eigenvalue weighted by Gasteiger charge is -2.26. The van der Waals surface area contributed by atoms with E-state index in [0.29, 0.717) is 6.42 Å². The van der Waals surface area contributed by atoms with Crippen LogP contribution in [0.5, 0.6) is 0 Å². The lowest BCUT2D eigenvalue weighted by molar-refractivity contribution is 0.478. The molecule has 0 rings (SSSR count). The lowest BCUT2D eigenvalue weighted by Crippen LogP contribution is -2.44. The van der Waals surface area contributed by atoms with E-state index >= 15 is 0 Å². The number of sulfone groups is 1. The van der Waals surface area contributed by atoms with Gasteiger partial charge in [0.1, 0.15) is 0 Å². The van der Waals surface area contributed by atoms with Gasteiger partial charge in [-0.05, 0) is 33.2 Å². The third kappa shape index (κ3) is 3.76. The summed E-state index contributed by atoms with van der Waals surface area (Å²) in [4.78, 5) is 0. The van der Waals surface area contributed by atoms with Crippen LogP contribution in [0.3, 0.4) is 0 Å². The average molecular weight is 235 g/mol. The maximum absolute atomic E-state index is 12.1. The largest absolute Gasteiger partial charge is 0.313 e. The molecule has 3 nitrogen and oxygen atoms in total. The Balaban J connectivity index is 4.73. The Morgan fingerprint density at radius 2 is 1.60 bits per heavy atom. The second-order valence-corrected chi connectivity index (χ2v) is 6.81. The molecule has 0 aromatic heterocycles. The van der Waals surface area contributed by atoms with E-state index in [-0.39, 0.29) is 16.5 Å².